The summed E-state index contributed by atoms with van der Waals surface area (Å²) in [5.41, 5.74) is 0.878. The molecule has 0 unspecified atom stereocenters. The molecule has 0 aliphatic carbocycles. The van der Waals surface area contributed by atoms with Gasteiger partial charge in [-0.05, 0) is 43.2 Å². The van der Waals surface area contributed by atoms with Crippen molar-refractivity contribution in [3.8, 4) is 5.75 Å². The van der Waals surface area contributed by atoms with E-state index in [2.05, 4.69) is 9.71 Å². The van der Waals surface area contributed by atoms with Gasteiger partial charge < -0.3 is 4.74 Å². The van der Waals surface area contributed by atoms with Crippen molar-refractivity contribution in [2.75, 3.05) is 23.7 Å². The Morgan fingerprint density at radius 3 is 2.70 bits per heavy atom. The number of rotatable bonds is 6. The maximum Gasteiger partial charge on any atom is 0.244 e. The van der Waals surface area contributed by atoms with Gasteiger partial charge in [-0.3, -0.25) is 9.29 Å². The molecule has 1 aliphatic rings. The number of methoxy groups -OCH3 is 1. The highest BCUT2D eigenvalue weighted by Crippen LogP contribution is 2.31. The number of hydrogen-bond donors (Lipinski definition) is 1. The first-order valence-electron chi connectivity index (χ1n) is 8.41. The van der Waals surface area contributed by atoms with Gasteiger partial charge in [-0.2, -0.15) is 0 Å². The predicted molar refractivity (Wildman–Crippen MR) is 102 cm³/mol. The molecule has 3 rings (SSSR count). The van der Waals surface area contributed by atoms with Gasteiger partial charge in [0, 0.05) is 12.7 Å². The van der Waals surface area contributed by atoms with Crippen molar-refractivity contribution in [3.05, 3.63) is 48.3 Å². The molecule has 0 amide bonds. The molecular formula is C17H21N3O5S2. The van der Waals surface area contributed by atoms with Crippen molar-refractivity contribution >= 4 is 25.7 Å². The Morgan fingerprint density at radius 1 is 1.22 bits per heavy atom. The third kappa shape index (κ3) is 4.40. The second-order valence-corrected chi connectivity index (χ2v) is 9.82. The number of aromatic nitrogens is 1. The molecule has 0 bridgehead atoms. The fraction of sp³-hybridized carbons (Fsp3) is 0.353. The molecule has 0 spiro atoms. The highest BCUT2D eigenvalue weighted by atomic mass is 32.2. The van der Waals surface area contributed by atoms with E-state index >= 15 is 0 Å². The molecule has 146 valence electrons. The van der Waals surface area contributed by atoms with Gasteiger partial charge in [-0.25, -0.2) is 21.6 Å². The lowest BCUT2D eigenvalue weighted by molar-refractivity contribution is 0.402. The SMILES string of the molecule is COc1ccc(N2CCCCS2(=O)=O)cc1S(=O)(=O)NCc1ccccn1. The Labute approximate surface area is 159 Å². The molecule has 0 saturated carbocycles. The van der Waals surface area contributed by atoms with Crippen LogP contribution in [0.1, 0.15) is 18.5 Å². The van der Waals surface area contributed by atoms with Crippen molar-refractivity contribution in [1.82, 2.24) is 9.71 Å². The van der Waals surface area contributed by atoms with Crippen LogP contribution in [0.2, 0.25) is 0 Å². The van der Waals surface area contributed by atoms with E-state index < -0.39 is 20.0 Å². The zero-order valence-corrected chi connectivity index (χ0v) is 16.5. The number of sulfonamides is 2. The van der Waals surface area contributed by atoms with Gasteiger partial charge in [0.15, 0.2) is 0 Å². The Kier molecular flexibility index (Phi) is 5.68. The minimum Gasteiger partial charge on any atom is -0.495 e. The summed E-state index contributed by atoms with van der Waals surface area (Å²) in [6.45, 7) is 0.341. The number of ether oxygens (including phenoxy) is 1. The van der Waals surface area contributed by atoms with Crippen molar-refractivity contribution in [3.63, 3.8) is 0 Å². The average Bonchev–Trinajstić information content (AvgIpc) is 2.66. The monoisotopic (exact) mass is 411 g/mol. The van der Waals surface area contributed by atoms with Crippen LogP contribution in [0.15, 0.2) is 47.5 Å². The summed E-state index contributed by atoms with van der Waals surface area (Å²) in [5, 5.41) is 0. The van der Waals surface area contributed by atoms with E-state index in [4.69, 9.17) is 4.74 Å². The van der Waals surface area contributed by atoms with Crippen LogP contribution in [-0.2, 0) is 26.6 Å². The third-order valence-corrected chi connectivity index (χ3v) is 7.54. The minimum absolute atomic E-state index is 0.0125. The number of hydrogen-bond acceptors (Lipinski definition) is 6. The molecule has 2 aromatic rings. The van der Waals surface area contributed by atoms with Crippen molar-refractivity contribution < 1.29 is 21.6 Å². The lowest BCUT2D eigenvalue weighted by Crippen LogP contribution is -2.38. The highest BCUT2D eigenvalue weighted by molar-refractivity contribution is 7.92. The molecule has 27 heavy (non-hydrogen) atoms. The normalized spacial score (nSPS) is 16.9. The summed E-state index contributed by atoms with van der Waals surface area (Å²) in [6, 6.07) is 9.57. The van der Waals surface area contributed by atoms with Crippen molar-refractivity contribution in [2.24, 2.45) is 0 Å². The van der Waals surface area contributed by atoms with Crippen LogP contribution in [0.5, 0.6) is 5.75 Å². The zero-order valence-electron chi connectivity index (χ0n) is 14.8. The Bertz CT molecular complexity index is 1010. The molecule has 1 fully saturated rings. The van der Waals surface area contributed by atoms with E-state index in [0.717, 1.165) is 6.42 Å². The van der Waals surface area contributed by atoms with Crippen LogP contribution in [-0.4, -0.2) is 41.2 Å². The van der Waals surface area contributed by atoms with Gasteiger partial charge in [-0.1, -0.05) is 6.07 Å². The molecule has 8 nitrogen and oxygen atoms in total. The average molecular weight is 412 g/mol. The number of benzene rings is 1. The maximum absolute atomic E-state index is 12.8. The van der Waals surface area contributed by atoms with E-state index in [1.54, 1.807) is 30.5 Å². The highest BCUT2D eigenvalue weighted by Gasteiger charge is 2.28. The number of pyridine rings is 1. The first kappa shape index (κ1) is 19.6. The van der Waals surface area contributed by atoms with Gasteiger partial charge in [0.2, 0.25) is 20.0 Å². The zero-order chi connectivity index (χ0) is 19.5. The Morgan fingerprint density at radius 2 is 2.04 bits per heavy atom. The second-order valence-electron chi connectivity index (χ2n) is 6.08. The van der Waals surface area contributed by atoms with Gasteiger partial charge in [0.25, 0.3) is 0 Å². The molecular weight excluding hydrogens is 390 g/mol. The summed E-state index contributed by atoms with van der Waals surface area (Å²) in [4.78, 5) is 3.97. The van der Waals surface area contributed by atoms with Gasteiger partial charge in [0.05, 0.1) is 30.8 Å². The Balaban J connectivity index is 1.93. The molecule has 1 aromatic heterocycles. The van der Waals surface area contributed by atoms with Crippen LogP contribution < -0.4 is 13.8 Å². The van der Waals surface area contributed by atoms with E-state index in [9.17, 15) is 16.8 Å². The fourth-order valence-corrected chi connectivity index (χ4v) is 5.68. The van der Waals surface area contributed by atoms with Crippen LogP contribution in [0, 0.1) is 0 Å². The standard InChI is InChI=1S/C17H21N3O5S2/c1-25-16-8-7-15(20-10-4-5-11-26(20,21)22)12-17(16)27(23,24)19-13-14-6-2-3-9-18-14/h2-3,6-9,12,19H,4-5,10-11,13H2,1H3. The largest absolute Gasteiger partial charge is 0.495 e. The summed E-state index contributed by atoms with van der Waals surface area (Å²) >= 11 is 0. The molecule has 1 aliphatic heterocycles. The lowest BCUT2D eigenvalue weighted by Gasteiger charge is -2.28. The maximum atomic E-state index is 12.8. The summed E-state index contributed by atoms with van der Waals surface area (Å²) in [5.74, 6) is 0.195. The summed E-state index contributed by atoms with van der Waals surface area (Å²) in [6.07, 6.45) is 2.91. The van der Waals surface area contributed by atoms with E-state index in [0.29, 0.717) is 24.3 Å². The molecule has 1 N–H and O–H groups in total. The Hall–Kier alpha value is -2.17. The predicted octanol–water partition coefficient (Wildman–Crippen LogP) is 1.50. The first-order valence-corrected chi connectivity index (χ1v) is 11.5. The molecule has 10 heteroatoms. The summed E-state index contributed by atoms with van der Waals surface area (Å²) < 4.78 is 59.2. The molecule has 0 atom stereocenters. The molecule has 0 radical (unpaired) electrons. The van der Waals surface area contributed by atoms with Gasteiger partial charge in [0.1, 0.15) is 10.6 Å². The molecule has 1 saturated heterocycles. The summed E-state index contributed by atoms with van der Waals surface area (Å²) in [7, 11) is -6.02. The van der Waals surface area contributed by atoms with Gasteiger partial charge >= 0.3 is 0 Å². The first-order chi connectivity index (χ1) is 12.8. The van der Waals surface area contributed by atoms with E-state index in [1.165, 1.54) is 23.5 Å². The fourth-order valence-electron chi connectivity index (χ4n) is 2.86. The third-order valence-electron chi connectivity index (χ3n) is 4.24. The topological polar surface area (TPSA) is 106 Å². The minimum atomic E-state index is -3.94. The van der Waals surface area contributed by atoms with E-state index in [1.807, 2.05) is 0 Å². The van der Waals surface area contributed by atoms with E-state index in [-0.39, 0.29) is 22.9 Å². The number of nitrogens with zero attached hydrogens (tertiary/aromatic N) is 2. The van der Waals surface area contributed by atoms with Crippen LogP contribution >= 0.6 is 0 Å². The molecule has 2 heterocycles. The van der Waals surface area contributed by atoms with Gasteiger partial charge in [-0.15, -0.1) is 0 Å². The smallest absolute Gasteiger partial charge is 0.244 e. The van der Waals surface area contributed by atoms with Crippen LogP contribution in [0.3, 0.4) is 0 Å². The van der Waals surface area contributed by atoms with Crippen molar-refractivity contribution in [2.45, 2.75) is 24.3 Å². The quantitative estimate of drug-likeness (QED) is 0.772. The number of nitrogens with one attached hydrogen (secondary N) is 1. The van der Waals surface area contributed by atoms with Crippen LogP contribution in [0.25, 0.3) is 0 Å². The molecule has 1 aromatic carbocycles. The lowest BCUT2D eigenvalue weighted by atomic mass is 10.2. The second kappa shape index (κ2) is 7.83. The van der Waals surface area contributed by atoms with Crippen molar-refractivity contribution in [1.29, 1.82) is 0 Å². The number of anilines is 1. The van der Waals surface area contributed by atoms with Crippen LogP contribution in [0.4, 0.5) is 5.69 Å².